The molecule has 0 aliphatic heterocycles. The van der Waals surface area contributed by atoms with E-state index in [9.17, 15) is 4.79 Å². The molecule has 2 rings (SSSR count). The maximum Gasteiger partial charge on any atom is 0.307 e. The fourth-order valence-corrected chi connectivity index (χ4v) is 2.96. The van der Waals surface area contributed by atoms with E-state index >= 15 is 0 Å². The lowest BCUT2D eigenvalue weighted by Gasteiger charge is -2.34. The molecule has 2 unspecified atom stereocenters. The van der Waals surface area contributed by atoms with Crippen LogP contribution < -0.4 is 0 Å². The van der Waals surface area contributed by atoms with Crippen molar-refractivity contribution in [1.82, 2.24) is 0 Å². The Balaban J connectivity index is 2.37. The molecule has 0 aromatic rings. The number of rotatable bonds is 1. The molecule has 0 aromatic carbocycles. The van der Waals surface area contributed by atoms with Crippen LogP contribution >= 0.6 is 0 Å². The van der Waals surface area contributed by atoms with Gasteiger partial charge in [-0.05, 0) is 31.1 Å². The van der Waals surface area contributed by atoms with Gasteiger partial charge < -0.3 is 5.11 Å². The molecule has 1 N–H and O–H groups in total. The van der Waals surface area contributed by atoms with E-state index in [1.54, 1.807) is 0 Å². The second-order valence-electron chi connectivity index (χ2n) is 4.91. The quantitative estimate of drug-likeness (QED) is 0.629. The Morgan fingerprint density at radius 3 is 2.46 bits per heavy atom. The molecule has 2 atom stereocenters. The molecular weight excluding hydrogens is 164 g/mol. The fourth-order valence-electron chi connectivity index (χ4n) is 2.96. The molecule has 72 valence electrons. The number of aliphatic carboxylic acids is 1. The second kappa shape index (κ2) is 2.37. The van der Waals surface area contributed by atoms with E-state index in [2.05, 4.69) is 20.8 Å². The number of carbonyl (C=O) groups is 1. The summed E-state index contributed by atoms with van der Waals surface area (Å²) < 4.78 is 0. The van der Waals surface area contributed by atoms with Crippen LogP contribution in [0.25, 0.3) is 0 Å². The minimum Gasteiger partial charge on any atom is -0.481 e. The molecule has 1 fully saturated rings. The molecule has 2 aliphatic carbocycles. The Bertz CT molecular complexity index is 299. The normalized spacial score (nSPS) is 35.6. The van der Waals surface area contributed by atoms with Crippen LogP contribution in [0, 0.1) is 17.3 Å². The third kappa shape index (κ3) is 0.976. The molecule has 0 radical (unpaired) electrons. The van der Waals surface area contributed by atoms with E-state index in [-0.39, 0.29) is 11.3 Å². The molecule has 2 heteroatoms. The molecule has 0 spiro atoms. The highest BCUT2D eigenvalue weighted by atomic mass is 16.4. The summed E-state index contributed by atoms with van der Waals surface area (Å²) >= 11 is 0. The number of allylic oxidation sites excluding steroid dienone is 2. The van der Waals surface area contributed by atoms with Crippen molar-refractivity contribution in [3.8, 4) is 0 Å². The fraction of sp³-hybridized carbons (Fsp3) is 0.727. The number of carboxylic acid groups (broad SMARTS) is 1. The molecular formula is C11H16O2. The molecule has 2 aliphatic rings. The molecule has 2 bridgehead atoms. The molecule has 0 heterocycles. The zero-order valence-electron chi connectivity index (χ0n) is 8.42. The van der Waals surface area contributed by atoms with Gasteiger partial charge in [-0.1, -0.05) is 25.0 Å². The van der Waals surface area contributed by atoms with Crippen molar-refractivity contribution < 1.29 is 9.90 Å². The van der Waals surface area contributed by atoms with E-state index in [1.165, 1.54) is 11.1 Å². The van der Waals surface area contributed by atoms with E-state index in [0.717, 1.165) is 12.8 Å². The van der Waals surface area contributed by atoms with Crippen molar-refractivity contribution in [2.24, 2.45) is 17.3 Å². The van der Waals surface area contributed by atoms with Gasteiger partial charge in [0.05, 0.1) is 5.92 Å². The van der Waals surface area contributed by atoms with E-state index in [4.69, 9.17) is 5.11 Å². The van der Waals surface area contributed by atoms with Crippen LogP contribution in [0.15, 0.2) is 11.1 Å². The zero-order chi connectivity index (χ0) is 9.80. The Morgan fingerprint density at radius 2 is 2.08 bits per heavy atom. The Labute approximate surface area is 78.6 Å². The number of hydrogen-bond donors (Lipinski definition) is 1. The van der Waals surface area contributed by atoms with Gasteiger partial charge in [-0.15, -0.1) is 0 Å². The van der Waals surface area contributed by atoms with Crippen molar-refractivity contribution >= 4 is 5.97 Å². The van der Waals surface area contributed by atoms with Gasteiger partial charge in [0.1, 0.15) is 0 Å². The first-order valence-corrected chi connectivity index (χ1v) is 4.86. The van der Waals surface area contributed by atoms with Crippen LogP contribution in [0.3, 0.4) is 0 Å². The predicted octanol–water partition coefficient (Wildman–Crippen LogP) is 2.45. The van der Waals surface area contributed by atoms with Crippen LogP contribution in [-0.4, -0.2) is 11.1 Å². The zero-order valence-corrected chi connectivity index (χ0v) is 8.42. The van der Waals surface area contributed by atoms with Gasteiger partial charge in [-0.25, -0.2) is 0 Å². The maximum absolute atomic E-state index is 11.0. The average Bonchev–Trinajstić information content (AvgIpc) is 2.52. The van der Waals surface area contributed by atoms with Gasteiger partial charge >= 0.3 is 5.97 Å². The van der Waals surface area contributed by atoms with Crippen molar-refractivity contribution in [2.45, 2.75) is 33.6 Å². The first-order valence-electron chi connectivity index (χ1n) is 4.86. The predicted molar refractivity (Wildman–Crippen MR) is 50.3 cm³/mol. The van der Waals surface area contributed by atoms with Gasteiger partial charge in [-0.3, -0.25) is 4.79 Å². The van der Waals surface area contributed by atoms with Gasteiger partial charge in [0, 0.05) is 0 Å². The first kappa shape index (κ1) is 8.79. The SMILES string of the molecule is CC1=C2CC(C(=O)O)C(C2)C1(C)C. The third-order valence-corrected chi connectivity index (χ3v) is 4.16. The molecule has 1 saturated carbocycles. The van der Waals surface area contributed by atoms with Crippen molar-refractivity contribution in [3.05, 3.63) is 11.1 Å². The van der Waals surface area contributed by atoms with E-state index in [0.29, 0.717) is 5.92 Å². The summed E-state index contributed by atoms with van der Waals surface area (Å²) in [4.78, 5) is 11.0. The van der Waals surface area contributed by atoms with Gasteiger partial charge in [0.15, 0.2) is 0 Å². The number of carboxylic acids is 1. The summed E-state index contributed by atoms with van der Waals surface area (Å²) in [6.07, 6.45) is 1.82. The minimum atomic E-state index is -0.611. The van der Waals surface area contributed by atoms with Crippen molar-refractivity contribution in [3.63, 3.8) is 0 Å². The lowest BCUT2D eigenvalue weighted by atomic mass is 9.70. The Hall–Kier alpha value is -0.790. The smallest absolute Gasteiger partial charge is 0.307 e. The van der Waals surface area contributed by atoms with Crippen LogP contribution in [0.2, 0.25) is 0 Å². The second-order valence-corrected chi connectivity index (χ2v) is 4.91. The molecule has 13 heavy (non-hydrogen) atoms. The van der Waals surface area contributed by atoms with Gasteiger partial charge in [-0.2, -0.15) is 0 Å². The summed E-state index contributed by atoms with van der Waals surface area (Å²) in [5.41, 5.74) is 2.97. The first-order chi connectivity index (χ1) is 5.94. The highest BCUT2D eigenvalue weighted by Gasteiger charge is 2.51. The minimum absolute atomic E-state index is 0.117. The molecule has 0 saturated heterocycles. The number of hydrogen-bond acceptors (Lipinski definition) is 1. The lowest BCUT2D eigenvalue weighted by molar-refractivity contribution is -0.144. The van der Waals surface area contributed by atoms with Crippen LogP contribution in [-0.2, 0) is 4.79 Å². The topological polar surface area (TPSA) is 37.3 Å². The molecule has 2 nitrogen and oxygen atoms in total. The summed E-state index contributed by atoms with van der Waals surface area (Å²) in [7, 11) is 0. The maximum atomic E-state index is 11.0. The van der Waals surface area contributed by atoms with Crippen LogP contribution in [0.1, 0.15) is 33.6 Å². The van der Waals surface area contributed by atoms with Gasteiger partial charge in [0.2, 0.25) is 0 Å². The lowest BCUT2D eigenvalue weighted by Crippen LogP contribution is -2.32. The van der Waals surface area contributed by atoms with E-state index in [1.807, 2.05) is 0 Å². The van der Waals surface area contributed by atoms with Crippen LogP contribution in [0.5, 0.6) is 0 Å². The summed E-state index contributed by atoms with van der Waals surface area (Å²) in [6.45, 7) is 6.51. The highest BCUT2D eigenvalue weighted by molar-refractivity contribution is 5.73. The van der Waals surface area contributed by atoms with Crippen molar-refractivity contribution in [2.75, 3.05) is 0 Å². The Kier molecular flexibility index (Phi) is 1.60. The third-order valence-electron chi connectivity index (χ3n) is 4.16. The Morgan fingerprint density at radius 1 is 1.46 bits per heavy atom. The number of fused-ring (bicyclic) bond motifs is 2. The van der Waals surface area contributed by atoms with Crippen molar-refractivity contribution in [1.29, 1.82) is 0 Å². The summed E-state index contributed by atoms with van der Waals surface area (Å²) in [5, 5.41) is 9.03. The monoisotopic (exact) mass is 180 g/mol. The van der Waals surface area contributed by atoms with E-state index < -0.39 is 5.97 Å². The standard InChI is InChI=1S/C11H16O2/c1-6-7-4-8(10(12)13)9(5-7)11(6,2)3/h8-9H,4-5H2,1-3H3,(H,12,13). The van der Waals surface area contributed by atoms with Gasteiger partial charge in [0.25, 0.3) is 0 Å². The average molecular weight is 180 g/mol. The molecule has 0 aromatic heterocycles. The summed E-state index contributed by atoms with van der Waals surface area (Å²) in [6, 6.07) is 0. The molecule has 0 amide bonds. The largest absolute Gasteiger partial charge is 0.481 e. The summed E-state index contributed by atoms with van der Waals surface area (Å²) in [5.74, 6) is -0.380. The van der Waals surface area contributed by atoms with Crippen LogP contribution in [0.4, 0.5) is 0 Å². The highest BCUT2D eigenvalue weighted by Crippen LogP contribution is 2.57.